The van der Waals surface area contributed by atoms with Gasteiger partial charge in [-0.3, -0.25) is 4.79 Å². The van der Waals surface area contributed by atoms with Gasteiger partial charge in [0, 0.05) is 13.7 Å². The van der Waals surface area contributed by atoms with E-state index >= 15 is 0 Å². The van der Waals surface area contributed by atoms with Gasteiger partial charge >= 0.3 is 12.0 Å². The number of aliphatic carboxylic acids is 1. The monoisotopic (exact) mass is 259 g/mol. The summed E-state index contributed by atoms with van der Waals surface area (Å²) in [5, 5.41) is 16.1. The minimum absolute atomic E-state index is 0.139. The van der Waals surface area contributed by atoms with E-state index in [1.807, 2.05) is 0 Å². The van der Waals surface area contributed by atoms with Crippen LogP contribution in [0.25, 0.3) is 0 Å². The number of carboxylic acid groups (broad SMARTS) is 1. The molecule has 3 amide bonds. The molecule has 1 saturated heterocycles. The van der Waals surface area contributed by atoms with Crippen LogP contribution in [-0.4, -0.2) is 55.4 Å². The summed E-state index contributed by atoms with van der Waals surface area (Å²) in [6.07, 6.45) is 1.32. The first-order chi connectivity index (χ1) is 8.54. The molecule has 0 spiro atoms. The second-order valence-corrected chi connectivity index (χ2v) is 3.95. The molecule has 1 heterocycles. The number of piperidine rings is 1. The molecule has 102 valence electrons. The predicted molar refractivity (Wildman–Crippen MR) is 61.0 cm³/mol. The summed E-state index contributed by atoms with van der Waals surface area (Å²) in [4.78, 5) is 33.7. The van der Waals surface area contributed by atoms with Crippen molar-refractivity contribution in [2.24, 2.45) is 0 Å². The third-order valence-electron chi connectivity index (χ3n) is 2.53. The molecule has 1 fully saturated rings. The number of amides is 3. The fraction of sp³-hybridized carbons (Fsp3) is 0.700. The maximum Gasteiger partial charge on any atom is 0.328 e. The molecule has 18 heavy (non-hydrogen) atoms. The highest BCUT2D eigenvalue weighted by Gasteiger charge is 2.26. The van der Waals surface area contributed by atoms with Gasteiger partial charge in [-0.05, 0) is 12.8 Å². The average Bonchev–Trinajstić information content (AvgIpc) is 2.31. The van der Waals surface area contributed by atoms with Gasteiger partial charge in [0.05, 0.1) is 6.61 Å². The molecule has 0 aliphatic carbocycles. The summed E-state index contributed by atoms with van der Waals surface area (Å²) in [5.74, 6) is -1.45. The van der Waals surface area contributed by atoms with Crippen LogP contribution in [0.5, 0.6) is 0 Å². The Morgan fingerprint density at radius 3 is 2.89 bits per heavy atom. The lowest BCUT2D eigenvalue weighted by molar-refractivity contribution is -0.140. The standard InChI is InChI=1S/C10H17N3O5/c1-18-5-7(9(15)16)13-10(17)12-6-3-2-4-11-8(6)14/h6-7H,2-5H2,1H3,(H,11,14)(H,15,16)(H2,12,13,17). The van der Waals surface area contributed by atoms with Crippen LogP contribution < -0.4 is 16.0 Å². The SMILES string of the molecule is COCC(NC(=O)NC1CCCNC1=O)C(=O)O. The van der Waals surface area contributed by atoms with E-state index in [1.165, 1.54) is 7.11 Å². The minimum atomic E-state index is -1.19. The van der Waals surface area contributed by atoms with Crippen LogP contribution in [-0.2, 0) is 14.3 Å². The molecule has 0 aromatic rings. The van der Waals surface area contributed by atoms with Crippen molar-refractivity contribution >= 4 is 17.9 Å². The van der Waals surface area contributed by atoms with Crippen molar-refractivity contribution in [2.75, 3.05) is 20.3 Å². The predicted octanol–water partition coefficient (Wildman–Crippen LogP) is -1.34. The first-order valence-corrected chi connectivity index (χ1v) is 5.61. The fourth-order valence-corrected chi connectivity index (χ4v) is 1.61. The van der Waals surface area contributed by atoms with E-state index in [0.717, 1.165) is 6.42 Å². The van der Waals surface area contributed by atoms with Gasteiger partial charge in [0.2, 0.25) is 5.91 Å². The Morgan fingerprint density at radius 1 is 1.61 bits per heavy atom. The molecule has 8 nitrogen and oxygen atoms in total. The Labute approximate surface area is 104 Å². The highest BCUT2D eigenvalue weighted by atomic mass is 16.5. The number of carboxylic acids is 1. The first-order valence-electron chi connectivity index (χ1n) is 5.61. The van der Waals surface area contributed by atoms with Crippen LogP contribution >= 0.6 is 0 Å². The number of hydrogen-bond acceptors (Lipinski definition) is 4. The van der Waals surface area contributed by atoms with Gasteiger partial charge < -0.3 is 25.8 Å². The average molecular weight is 259 g/mol. The van der Waals surface area contributed by atoms with E-state index < -0.39 is 24.1 Å². The molecule has 1 aliphatic rings. The van der Waals surface area contributed by atoms with E-state index in [1.54, 1.807) is 0 Å². The molecule has 0 bridgehead atoms. The summed E-state index contributed by atoms with van der Waals surface area (Å²) in [6, 6.07) is -2.45. The summed E-state index contributed by atoms with van der Waals surface area (Å²) < 4.78 is 4.67. The van der Waals surface area contributed by atoms with E-state index in [2.05, 4.69) is 20.7 Å². The number of rotatable bonds is 5. The third kappa shape index (κ3) is 4.21. The van der Waals surface area contributed by atoms with Crippen molar-refractivity contribution in [2.45, 2.75) is 24.9 Å². The number of methoxy groups -OCH3 is 1. The van der Waals surface area contributed by atoms with Crippen molar-refractivity contribution in [1.82, 2.24) is 16.0 Å². The molecule has 0 aromatic heterocycles. The van der Waals surface area contributed by atoms with E-state index in [-0.39, 0.29) is 12.5 Å². The number of carbonyl (C=O) groups excluding carboxylic acids is 2. The van der Waals surface area contributed by atoms with Crippen molar-refractivity contribution in [3.8, 4) is 0 Å². The smallest absolute Gasteiger partial charge is 0.328 e. The molecule has 8 heteroatoms. The number of urea groups is 1. The zero-order valence-electron chi connectivity index (χ0n) is 10.1. The lowest BCUT2D eigenvalue weighted by Gasteiger charge is -2.23. The summed E-state index contributed by atoms with van der Waals surface area (Å²) in [6.45, 7) is 0.458. The first kappa shape index (κ1) is 14.2. The van der Waals surface area contributed by atoms with Crippen molar-refractivity contribution < 1.29 is 24.2 Å². The van der Waals surface area contributed by atoms with Crippen molar-refractivity contribution in [1.29, 1.82) is 0 Å². The summed E-state index contributed by atoms with van der Waals surface area (Å²) in [5.41, 5.74) is 0. The van der Waals surface area contributed by atoms with Crippen LogP contribution in [0, 0.1) is 0 Å². The third-order valence-corrected chi connectivity index (χ3v) is 2.53. The Balaban J connectivity index is 2.44. The molecule has 0 radical (unpaired) electrons. The normalized spacial score (nSPS) is 20.7. The maximum absolute atomic E-state index is 11.5. The van der Waals surface area contributed by atoms with Gasteiger partial charge in [0.1, 0.15) is 6.04 Å². The molecule has 2 atom stereocenters. The zero-order valence-corrected chi connectivity index (χ0v) is 10.1. The van der Waals surface area contributed by atoms with Crippen molar-refractivity contribution in [3.05, 3.63) is 0 Å². The van der Waals surface area contributed by atoms with Crippen LogP contribution in [0.3, 0.4) is 0 Å². The van der Waals surface area contributed by atoms with Crippen LogP contribution in [0.15, 0.2) is 0 Å². The Bertz CT molecular complexity index is 325. The quantitative estimate of drug-likeness (QED) is 0.488. The van der Waals surface area contributed by atoms with Gasteiger partial charge in [-0.15, -0.1) is 0 Å². The minimum Gasteiger partial charge on any atom is -0.480 e. The lowest BCUT2D eigenvalue weighted by atomic mass is 10.1. The number of hydrogen-bond donors (Lipinski definition) is 4. The van der Waals surface area contributed by atoms with Gasteiger partial charge in [0.15, 0.2) is 6.04 Å². The van der Waals surface area contributed by atoms with E-state index in [0.29, 0.717) is 13.0 Å². The second kappa shape index (κ2) is 6.80. The van der Waals surface area contributed by atoms with Gasteiger partial charge in [-0.25, -0.2) is 9.59 Å². The summed E-state index contributed by atoms with van der Waals surface area (Å²) >= 11 is 0. The fourth-order valence-electron chi connectivity index (χ4n) is 1.61. The molecular formula is C10H17N3O5. The Kier molecular flexibility index (Phi) is 5.37. The van der Waals surface area contributed by atoms with E-state index in [4.69, 9.17) is 5.11 Å². The van der Waals surface area contributed by atoms with Crippen LogP contribution in [0.4, 0.5) is 4.79 Å². The number of ether oxygens (including phenoxy) is 1. The molecule has 1 rings (SSSR count). The van der Waals surface area contributed by atoms with Crippen molar-refractivity contribution in [3.63, 3.8) is 0 Å². The Hall–Kier alpha value is -1.83. The highest BCUT2D eigenvalue weighted by Crippen LogP contribution is 2.02. The van der Waals surface area contributed by atoms with Crippen LogP contribution in [0.2, 0.25) is 0 Å². The number of nitrogens with one attached hydrogen (secondary N) is 3. The molecule has 1 aliphatic heterocycles. The highest BCUT2D eigenvalue weighted by molar-refractivity contribution is 5.89. The Morgan fingerprint density at radius 2 is 2.33 bits per heavy atom. The molecule has 0 aromatic carbocycles. The number of carbonyl (C=O) groups is 3. The zero-order chi connectivity index (χ0) is 13.5. The van der Waals surface area contributed by atoms with E-state index in [9.17, 15) is 14.4 Å². The second-order valence-electron chi connectivity index (χ2n) is 3.95. The van der Waals surface area contributed by atoms with Gasteiger partial charge in [-0.2, -0.15) is 0 Å². The summed E-state index contributed by atoms with van der Waals surface area (Å²) in [7, 11) is 1.34. The molecule has 2 unspecified atom stereocenters. The maximum atomic E-state index is 11.5. The molecule has 0 saturated carbocycles. The topological polar surface area (TPSA) is 117 Å². The lowest BCUT2D eigenvalue weighted by Crippen LogP contribution is -2.55. The largest absolute Gasteiger partial charge is 0.480 e. The van der Waals surface area contributed by atoms with Crippen LogP contribution in [0.1, 0.15) is 12.8 Å². The molecule has 4 N–H and O–H groups in total. The van der Waals surface area contributed by atoms with Gasteiger partial charge in [0.25, 0.3) is 0 Å². The molecular weight excluding hydrogens is 242 g/mol. The van der Waals surface area contributed by atoms with Gasteiger partial charge in [-0.1, -0.05) is 0 Å².